The van der Waals surface area contributed by atoms with Crippen LogP contribution in [0.4, 0.5) is 0 Å². The van der Waals surface area contributed by atoms with Crippen LogP contribution in [0.1, 0.15) is 25.0 Å². The first-order valence-corrected chi connectivity index (χ1v) is 11.2. The predicted molar refractivity (Wildman–Crippen MR) is 134 cm³/mol. The van der Waals surface area contributed by atoms with E-state index >= 15 is 0 Å². The summed E-state index contributed by atoms with van der Waals surface area (Å²) in [7, 11) is 0. The zero-order chi connectivity index (χ0) is 27.1. The minimum Gasteiger partial charge on any atom is -0.507 e. The summed E-state index contributed by atoms with van der Waals surface area (Å²) >= 11 is 0. The average Bonchev–Trinajstić information content (AvgIpc) is 2.89. The summed E-state index contributed by atoms with van der Waals surface area (Å²) in [5, 5.41) is 21.0. The largest absolute Gasteiger partial charge is 0.507 e. The van der Waals surface area contributed by atoms with E-state index in [0.29, 0.717) is 23.4 Å². The fourth-order valence-electron chi connectivity index (χ4n) is 3.41. The van der Waals surface area contributed by atoms with Crippen LogP contribution in [0.25, 0.3) is 28.1 Å². The Kier molecular flexibility index (Phi) is 8.36. The van der Waals surface area contributed by atoms with Gasteiger partial charge in [0.05, 0.1) is 24.3 Å². The van der Waals surface area contributed by atoms with E-state index in [2.05, 4.69) is 9.47 Å². The molecule has 0 amide bonds. The average molecular weight is 505 g/mol. The highest BCUT2D eigenvalue weighted by Crippen LogP contribution is 2.23. The number of nitrogens with zero attached hydrogens (tertiary/aromatic N) is 1. The standard InChI is InChI=1S/C27H23NO9/c1-3-36-26(34)23(31)13-21(29)16-10-11-20-18(12-16)25(33)19(15-28(20)17-8-6-5-7-9-17)22(30)14-24(32)27(35)37-4-2/h5-15,29-30H,3-4H2,1-2H3. The van der Waals surface area contributed by atoms with E-state index < -0.39 is 40.5 Å². The first-order chi connectivity index (χ1) is 17.7. The Balaban J connectivity index is 2.21. The molecule has 0 unspecified atom stereocenters. The van der Waals surface area contributed by atoms with Crippen LogP contribution in [-0.4, -0.2) is 51.5 Å². The number of hydrogen-bond acceptors (Lipinski definition) is 9. The number of ether oxygens (including phenoxy) is 2. The molecule has 1 aromatic heterocycles. The molecule has 0 saturated carbocycles. The minimum absolute atomic E-state index is 0.00548. The number of esters is 2. The highest BCUT2D eigenvalue weighted by Gasteiger charge is 2.19. The van der Waals surface area contributed by atoms with Crippen molar-refractivity contribution < 1.29 is 38.9 Å². The molecule has 0 aliphatic heterocycles. The number of aromatic nitrogens is 1. The van der Waals surface area contributed by atoms with Crippen LogP contribution in [-0.2, 0) is 28.7 Å². The van der Waals surface area contributed by atoms with Gasteiger partial charge in [0.25, 0.3) is 11.6 Å². The Hall–Kier alpha value is -4.99. The molecule has 2 N–H and O–H groups in total. The fourth-order valence-corrected chi connectivity index (χ4v) is 3.41. The molecule has 0 bridgehead atoms. The van der Waals surface area contributed by atoms with Crippen LogP contribution in [0, 0.1) is 0 Å². The van der Waals surface area contributed by atoms with E-state index in [0.717, 1.165) is 0 Å². The third-order valence-electron chi connectivity index (χ3n) is 5.10. The van der Waals surface area contributed by atoms with Gasteiger partial charge in [-0.3, -0.25) is 14.4 Å². The van der Waals surface area contributed by atoms with Gasteiger partial charge < -0.3 is 24.3 Å². The van der Waals surface area contributed by atoms with E-state index in [-0.39, 0.29) is 29.7 Å². The Morgan fingerprint density at radius 3 is 1.97 bits per heavy atom. The molecule has 3 rings (SSSR count). The van der Waals surface area contributed by atoms with Gasteiger partial charge >= 0.3 is 11.9 Å². The molecule has 10 heteroatoms. The maximum Gasteiger partial charge on any atom is 0.379 e. The normalized spacial score (nSPS) is 11.7. The van der Waals surface area contributed by atoms with Gasteiger partial charge in [0.1, 0.15) is 11.5 Å². The SMILES string of the molecule is CCOC(=O)C(=O)C=C(O)c1ccc2c(c1)c(=O)c(C(O)=CC(=O)C(=O)OCC)cn2-c1ccccc1. The molecule has 2 aromatic carbocycles. The molecule has 0 spiro atoms. The molecule has 10 nitrogen and oxygen atoms in total. The smallest absolute Gasteiger partial charge is 0.379 e. The highest BCUT2D eigenvalue weighted by molar-refractivity contribution is 6.39. The van der Waals surface area contributed by atoms with E-state index in [9.17, 15) is 34.2 Å². The molecule has 0 atom stereocenters. The number of benzene rings is 2. The van der Waals surface area contributed by atoms with E-state index in [1.165, 1.54) is 38.2 Å². The number of rotatable bonds is 9. The number of ketones is 2. The number of hydrogen-bond donors (Lipinski definition) is 2. The zero-order valence-corrected chi connectivity index (χ0v) is 20.0. The number of aliphatic hydroxyl groups excluding tert-OH is 2. The summed E-state index contributed by atoms with van der Waals surface area (Å²) in [4.78, 5) is 60.6. The number of carbonyl (C=O) groups is 4. The first-order valence-electron chi connectivity index (χ1n) is 11.2. The van der Waals surface area contributed by atoms with Gasteiger partial charge in [-0.2, -0.15) is 0 Å². The summed E-state index contributed by atoms with van der Waals surface area (Å²) < 4.78 is 10.8. The lowest BCUT2D eigenvalue weighted by atomic mass is 10.0. The minimum atomic E-state index is -1.19. The van der Waals surface area contributed by atoms with Gasteiger partial charge in [-0.25, -0.2) is 9.59 Å². The lowest BCUT2D eigenvalue weighted by Gasteiger charge is -2.14. The summed E-state index contributed by atoms with van der Waals surface area (Å²) in [6.07, 6.45) is 2.58. The van der Waals surface area contributed by atoms with Crippen LogP contribution in [0.3, 0.4) is 0 Å². The first kappa shape index (κ1) is 26.6. The van der Waals surface area contributed by atoms with Crippen LogP contribution < -0.4 is 5.43 Å². The highest BCUT2D eigenvalue weighted by atomic mass is 16.5. The van der Waals surface area contributed by atoms with E-state index in [1.54, 1.807) is 34.9 Å². The van der Waals surface area contributed by atoms with Crippen molar-refractivity contribution in [2.24, 2.45) is 0 Å². The summed E-state index contributed by atoms with van der Waals surface area (Å²) in [6, 6.07) is 13.0. The Bertz CT molecular complexity index is 1500. The van der Waals surface area contributed by atoms with Crippen molar-refractivity contribution in [3.8, 4) is 5.69 Å². The van der Waals surface area contributed by atoms with Crippen LogP contribution in [0.15, 0.2) is 71.7 Å². The van der Waals surface area contributed by atoms with Crippen molar-refractivity contribution in [1.82, 2.24) is 4.57 Å². The van der Waals surface area contributed by atoms with Gasteiger partial charge in [0.2, 0.25) is 0 Å². The topological polar surface area (TPSA) is 149 Å². The lowest BCUT2D eigenvalue weighted by Crippen LogP contribution is -2.18. The summed E-state index contributed by atoms with van der Waals surface area (Å²) in [6.45, 7) is 2.97. The summed E-state index contributed by atoms with van der Waals surface area (Å²) in [5.41, 5.74) is -0.0257. The molecule has 3 aromatic rings. The van der Waals surface area contributed by atoms with E-state index in [4.69, 9.17) is 0 Å². The predicted octanol–water partition coefficient (Wildman–Crippen LogP) is 3.05. The number of carbonyl (C=O) groups excluding carboxylic acids is 4. The van der Waals surface area contributed by atoms with Gasteiger partial charge in [-0.1, -0.05) is 18.2 Å². The zero-order valence-electron chi connectivity index (χ0n) is 20.0. The van der Waals surface area contributed by atoms with E-state index in [1.807, 2.05) is 0 Å². The third-order valence-corrected chi connectivity index (χ3v) is 5.10. The van der Waals surface area contributed by atoms with Crippen molar-refractivity contribution in [2.75, 3.05) is 13.2 Å². The van der Waals surface area contributed by atoms with Crippen molar-refractivity contribution in [1.29, 1.82) is 0 Å². The maximum absolute atomic E-state index is 13.3. The Labute approximate surface area is 210 Å². The van der Waals surface area contributed by atoms with Gasteiger partial charge in [-0.15, -0.1) is 0 Å². The van der Waals surface area contributed by atoms with Crippen molar-refractivity contribution in [3.05, 3.63) is 88.2 Å². The molecule has 0 radical (unpaired) electrons. The molecule has 190 valence electrons. The van der Waals surface area contributed by atoms with Gasteiger partial charge in [0.15, 0.2) is 5.43 Å². The second-order valence-electron chi connectivity index (χ2n) is 7.54. The quantitative estimate of drug-likeness (QED) is 0.194. The van der Waals surface area contributed by atoms with Crippen molar-refractivity contribution in [2.45, 2.75) is 13.8 Å². The third kappa shape index (κ3) is 5.99. The van der Waals surface area contributed by atoms with Crippen LogP contribution in [0.5, 0.6) is 0 Å². The van der Waals surface area contributed by atoms with Gasteiger partial charge in [-0.05, 0) is 44.2 Å². The molecular weight excluding hydrogens is 482 g/mol. The Morgan fingerprint density at radius 1 is 0.838 bits per heavy atom. The summed E-state index contributed by atoms with van der Waals surface area (Å²) in [5.74, 6) is -5.94. The second kappa shape index (κ2) is 11.6. The van der Waals surface area contributed by atoms with Crippen LogP contribution in [0.2, 0.25) is 0 Å². The second-order valence-corrected chi connectivity index (χ2v) is 7.54. The molecule has 0 aliphatic rings. The fraction of sp³-hybridized carbons (Fsp3) is 0.148. The Morgan fingerprint density at radius 2 is 1.41 bits per heavy atom. The molecule has 1 heterocycles. The number of fused-ring (bicyclic) bond motifs is 1. The molecule has 0 fully saturated rings. The monoisotopic (exact) mass is 505 g/mol. The van der Waals surface area contributed by atoms with Gasteiger partial charge in [0, 0.05) is 35.0 Å². The number of pyridine rings is 1. The molecule has 0 saturated heterocycles. The van der Waals surface area contributed by atoms with Crippen molar-refractivity contribution in [3.63, 3.8) is 0 Å². The lowest BCUT2D eigenvalue weighted by molar-refractivity contribution is -0.151. The molecule has 0 aliphatic carbocycles. The number of para-hydroxylation sites is 1. The molecule has 37 heavy (non-hydrogen) atoms. The van der Waals surface area contributed by atoms with Crippen molar-refractivity contribution >= 4 is 45.9 Å². The van der Waals surface area contributed by atoms with Crippen LogP contribution >= 0.6 is 0 Å². The molecular formula is C27H23NO9. The number of aliphatic hydroxyl groups is 2. The maximum atomic E-state index is 13.3.